The molecule has 150 valence electrons. The van der Waals surface area contributed by atoms with Gasteiger partial charge in [0.1, 0.15) is 5.69 Å². The Morgan fingerprint density at radius 3 is 2.14 bits per heavy atom. The number of hydrogen-bond donors (Lipinski definition) is 0. The highest BCUT2D eigenvalue weighted by Crippen LogP contribution is 2.48. The molecule has 12 heteroatoms. The smallest absolute Gasteiger partial charge is 0.337 e. The van der Waals surface area contributed by atoms with E-state index in [9.17, 15) is 33.4 Å². The number of hydrogen-bond acceptors (Lipinski definition) is 5. The average molecular weight is 483 g/mol. The molecule has 0 heterocycles. The van der Waals surface area contributed by atoms with Gasteiger partial charge in [0.15, 0.2) is 0 Å². The number of halogens is 5. The van der Waals surface area contributed by atoms with Crippen LogP contribution >= 0.6 is 27.5 Å². The highest BCUT2D eigenvalue weighted by Gasteiger charge is 2.41. The maximum Gasteiger partial charge on any atom is 0.418 e. The first-order valence-corrected chi connectivity index (χ1v) is 8.67. The molecule has 0 atom stereocenters. The summed E-state index contributed by atoms with van der Waals surface area (Å²) in [6.45, 7) is 3.31. The lowest BCUT2D eigenvalue weighted by Crippen LogP contribution is -2.19. The first kappa shape index (κ1) is 21.9. The first-order chi connectivity index (χ1) is 12.8. The number of alkyl halides is 3. The van der Waals surface area contributed by atoms with E-state index in [1.807, 2.05) is 0 Å². The summed E-state index contributed by atoms with van der Waals surface area (Å²) in [6, 6.07) is 2.23. The molecule has 0 radical (unpaired) electrons. The summed E-state index contributed by atoms with van der Waals surface area (Å²) in [5.41, 5.74) is -3.19. The van der Waals surface area contributed by atoms with Crippen molar-refractivity contribution in [3.63, 3.8) is 0 Å². The largest absolute Gasteiger partial charge is 0.418 e. The van der Waals surface area contributed by atoms with E-state index in [0.29, 0.717) is 21.7 Å². The standard InChI is InChI=1S/C16H12BrClF3N3O4/c1-7-4-11(14(18)8(2)13(7)17)22(3)15-10(16(19,20)21)5-9(23(25)26)6-12(15)24(27)28/h4-6H,1-3H3. The van der Waals surface area contributed by atoms with E-state index in [0.717, 1.165) is 4.90 Å². The van der Waals surface area contributed by atoms with Crippen LogP contribution in [0.2, 0.25) is 5.02 Å². The minimum atomic E-state index is -5.08. The molecule has 28 heavy (non-hydrogen) atoms. The number of anilines is 2. The molecule has 2 aromatic rings. The van der Waals surface area contributed by atoms with Gasteiger partial charge in [-0.25, -0.2) is 0 Å². The van der Waals surface area contributed by atoms with E-state index >= 15 is 0 Å². The molecular weight excluding hydrogens is 471 g/mol. The summed E-state index contributed by atoms with van der Waals surface area (Å²) in [7, 11) is 1.18. The van der Waals surface area contributed by atoms with Gasteiger partial charge in [0.2, 0.25) is 0 Å². The van der Waals surface area contributed by atoms with E-state index in [1.165, 1.54) is 13.1 Å². The zero-order valence-corrected chi connectivity index (χ0v) is 16.9. The molecule has 0 spiro atoms. The second-order valence-corrected chi connectivity index (χ2v) is 7.07. The second-order valence-electron chi connectivity index (χ2n) is 5.90. The van der Waals surface area contributed by atoms with Gasteiger partial charge in [-0.1, -0.05) is 27.5 Å². The molecule has 2 aromatic carbocycles. The molecule has 0 aromatic heterocycles. The van der Waals surface area contributed by atoms with Gasteiger partial charge in [-0.05, 0) is 31.0 Å². The maximum atomic E-state index is 13.6. The Morgan fingerprint density at radius 2 is 1.68 bits per heavy atom. The van der Waals surface area contributed by atoms with Crippen LogP contribution in [0.5, 0.6) is 0 Å². The van der Waals surface area contributed by atoms with Gasteiger partial charge in [-0.15, -0.1) is 0 Å². The lowest BCUT2D eigenvalue weighted by molar-refractivity contribution is -0.394. The van der Waals surface area contributed by atoms with Crippen molar-refractivity contribution in [2.75, 3.05) is 11.9 Å². The van der Waals surface area contributed by atoms with E-state index in [4.69, 9.17) is 11.6 Å². The number of nitrogens with zero attached hydrogens (tertiary/aromatic N) is 3. The maximum absolute atomic E-state index is 13.6. The molecule has 0 unspecified atom stereocenters. The van der Waals surface area contributed by atoms with Crippen LogP contribution in [0.3, 0.4) is 0 Å². The Morgan fingerprint density at radius 1 is 1.11 bits per heavy atom. The third kappa shape index (κ3) is 3.90. The number of non-ortho nitro benzene ring substituents is 1. The summed E-state index contributed by atoms with van der Waals surface area (Å²) in [5.74, 6) is 0. The molecule has 0 N–H and O–H groups in total. The van der Waals surface area contributed by atoms with Crippen LogP contribution in [0.4, 0.5) is 35.9 Å². The SMILES string of the molecule is Cc1cc(N(C)c2c([N+](=O)[O-])cc([N+](=O)[O-])cc2C(F)(F)F)c(Cl)c(C)c1Br. The highest BCUT2D eigenvalue weighted by atomic mass is 79.9. The fourth-order valence-corrected chi connectivity index (χ4v) is 3.40. The van der Waals surface area contributed by atoms with Crippen molar-refractivity contribution in [3.8, 4) is 0 Å². The van der Waals surface area contributed by atoms with Crippen molar-refractivity contribution >= 4 is 50.3 Å². The molecule has 0 aliphatic rings. The van der Waals surface area contributed by atoms with Gasteiger partial charge < -0.3 is 4.90 Å². The summed E-state index contributed by atoms with van der Waals surface area (Å²) in [6.07, 6.45) is -5.08. The minimum absolute atomic E-state index is 0.0840. The molecule has 0 saturated heterocycles. The fourth-order valence-electron chi connectivity index (χ4n) is 2.70. The van der Waals surface area contributed by atoms with Crippen molar-refractivity contribution in [1.82, 2.24) is 0 Å². The topological polar surface area (TPSA) is 89.5 Å². The molecule has 0 aliphatic heterocycles. The number of nitro benzene ring substituents is 2. The molecule has 2 rings (SSSR count). The Bertz CT molecular complexity index is 998. The van der Waals surface area contributed by atoms with Crippen LogP contribution in [-0.4, -0.2) is 16.9 Å². The lowest BCUT2D eigenvalue weighted by atomic mass is 10.1. The quantitative estimate of drug-likeness (QED) is 0.376. The van der Waals surface area contributed by atoms with E-state index in [2.05, 4.69) is 15.9 Å². The summed E-state index contributed by atoms with van der Waals surface area (Å²) in [5, 5.41) is 22.5. The zero-order valence-electron chi connectivity index (χ0n) is 14.6. The Kier molecular flexibility index (Phi) is 5.90. The van der Waals surface area contributed by atoms with Crippen LogP contribution in [0, 0.1) is 34.1 Å². The number of nitro groups is 2. The van der Waals surface area contributed by atoms with Crippen LogP contribution in [0.15, 0.2) is 22.7 Å². The number of rotatable bonds is 4. The van der Waals surface area contributed by atoms with Crippen LogP contribution < -0.4 is 4.90 Å². The lowest BCUT2D eigenvalue weighted by Gasteiger charge is -2.25. The molecule has 0 fully saturated rings. The van der Waals surface area contributed by atoms with Gasteiger partial charge >= 0.3 is 6.18 Å². The Labute approximate surface area is 170 Å². The van der Waals surface area contributed by atoms with Gasteiger partial charge in [0.25, 0.3) is 11.4 Å². The molecular formula is C16H12BrClF3N3O4. The Hall–Kier alpha value is -2.40. The summed E-state index contributed by atoms with van der Waals surface area (Å²) < 4.78 is 41.5. The van der Waals surface area contributed by atoms with Crippen LogP contribution in [0.25, 0.3) is 0 Å². The average Bonchev–Trinajstić information content (AvgIpc) is 2.60. The molecule has 7 nitrogen and oxygen atoms in total. The summed E-state index contributed by atoms with van der Waals surface area (Å²) in [4.78, 5) is 21.1. The third-order valence-electron chi connectivity index (χ3n) is 4.07. The fraction of sp³-hybridized carbons (Fsp3) is 0.250. The van der Waals surface area contributed by atoms with E-state index < -0.39 is 38.6 Å². The monoisotopic (exact) mass is 481 g/mol. The van der Waals surface area contributed by atoms with Gasteiger partial charge in [-0.3, -0.25) is 20.2 Å². The number of aryl methyl sites for hydroxylation is 1. The predicted octanol–water partition coefficient (Wildman–Crippen LogP) is 6.32. The van der Waals surface area contributed by atoms with E-state index in [1.54, 1.807) is 13.8 Å². The Balaban J connectivity index is 2.91. The van der Waals surface area contributed by atoms with Crippen LogP contribution in [0.1, 0.15) is 16.7 Å². The first-order valence-electron chi connectivity index (χ1n) is 7.50. The second kappa shape index (κ2) is 7.55. The molecule has 0 saturated carbocycles. The van der Waals surface area contributed by atoms with Crippen molar-refractivity contribution in [3.05, 3.63) is 64.6 Å². The molecule has 0 bridgehead atoms. The molecule has 0 aliphatic carbocycles. The van der Waals surface area contributed by atoms with Crippen LogP contribution in [-0.2, 0) is 6.18 Å². The minimum Gasteiger partial charge on any atom is -0.337 e. The van der Waals surface area contributed by atoms with Crippen molar-refractivity contribution in [1.29, 1.82) is 0 Å². The van der Waals surface area contributed by atoms with Gasteiger partial charge in [0, 0.05) is 17.6 Å². The normalized spacial score (nSPS) is 11.4. The molecule has 0 amide bonds. The van der Waals surface area contributed by atoms with E-state index in [-0.39, 0.29) is 16.8 Å². The third-order valence-corrected chi connectivity index (χ3v) is 5.76. The summed E-state index contributed by atoms with van der Waals surface area (Å²) >= 11 is 9.58. The van der Waals surface area contributed by atoms with Crippen molar-refractivity contribution in [2.45, 2.75) is 20.0 Å². The number of benzene rings is 2. The zero-order chi connectivity index (χ0) is 21.5. The van der Waals surface area contributed by atoms with Gasteiger partial charge in [0.05, 0.1) is 32.2 Å². The predicted molar refractivity (Wildman–Crippen MR) is 101 cm³/mol. The van der Waals surface area contributed by atoms with Gasteiger partial charge in [-0.2, -0.15) is 13.2 Å². The highest BCUT2D eigenvalue weighted by molar-refractivity contribution is 9.10. The van der Waals surface area contributed by atoms with Crippen molar-refractivity contribution in [2.24, 2.45) is 0 Å². The van der Waals surface area contributed by atoms with Crippen molar-refractivity contribution < 1.29 is 23.0 Å².